The molecule has 1 saturated heterocycles. The zero-order valence-corrected chi connectivity index (χ0v) is 12.7. The molecule has 0 bridgehead atoms. The number of hydrogen-bond donors (Lipinski definition) is 2. The van der Waals surface area contributed by atoms with E-state index in [2.05, 4.69) is 25.6 Å². The van der Waals surface area contributed by atoms with Crippen molar-refractivity contribution in [3.8, 4) is 0 Å². The molecule has 1 aliphatic heterocycles. The maximum absolute atomic E-state index is 12.1. The molecule has 1 aromatic rings. The number of anilines is 1. The van der Waals surface area contributed by atoms with Crippen molar-refractivity contribution in [1.82, 2.24) is 15.5 Å². The van der Waals surface area contributed by atoms with Crippen molar-refractivity contribution in [3.63, 3.8) is 0 Å². The smallest absolute Gasteiger partial charge is 0.305 e. The molecule has 0 aromatic carbocycles. The Morgan fingerprint density at radius 3 is 3.05 bits per heavy atom. The van der Waals surface area contributed by atoms with Gasteiger partial charge in [-0.15, -0.1) is 10.2 Å². The van der Waals surface area contributed by atoms with Gasteiger partial charge in [-0.2, -0.15) is 0 Å². The van der Waals surface area contributed by atoms with Crippen LogP contribution in [0.1, 0.15) is 18.4 Å². The third kappa shape index (κ3) is 4.45. The second-order valence-corrected chi connectivity index (χ2v) is 5.64. The highest BCUT2D eigenvalue weighted by atomic mass is 32.1. The average molecular weight is 314 g/mol. The number of carbonyl (C=O) groups excluding carboxylic acids is 2. The van der Waals surface area contributed by atoms with E-state index in [1.807, 2.05) is 6.92 Å². The second kappa shape index (κ2) is 7.43. The maximum Gasteiger partial charge on any atom is 0.305 e. The number of hydrogen-bond acceptors (Lipinski definition) is 8. The minimum Gasteiger partial charge on any atom is -0.469 e. The Bertz CT molecular complexity index is 507. The maximum atomic E-state index is 12.1. The Kier molecular flexibility index (Phi) is 5.59. The van der Waals surface area contributed by atoms with Crippen molar-refractivity contribution in [2.75, 3.05) is 25.6 Å². The van der Waals surface area contributed by atoms with Gasteiger partial charge < -0.3 is 14.8 Å². The summed E-state index contributed by atoms with van der Waals surface area (Å²) in [6, 6.07) is -0.402. The fourth-order valence-electron chi connectivity index (χ4n) is 1.93. The molecule has 116 valence electrons. The van der Waals surface area contributed by atoms with Crippen molar-refractivity contribution in [3.05, 3.63) is 5.01 Å². The summed E-state index contributed by atoms with van der Waals surface area (Å²) in [5.41, 5.74) is 0. The average Bonchev–Trinajstić information content (AvgIpc) is 2.92. The lowest BCUT2D eigenvalue weighted by atomic mass is 10.1. The van der Waals surface area contributed by atoms with Gasteiger partial charge in [0.15, 0.2) is 0 Å². The van der Waals surface area contributed by atoms with Gasteiger partial charge in [-0.1, -0.05) is 11.3 Å². The number of rotatable bonds is 5. The molecule has 0 spiro atoms. The van der Waals surface area contributed by atoms with E-state index in [1.54, 1.807) is 0 Å². The predicted octanol–water partition coefficient (Wildman–Crippen LogP) is -0.0409. The Labute approximate surface area is 126 Å². The molecule has 0 saturated carbocycles. The van der Waals surface area contributed by atoms with Crippen LogP contribution in [0.25, 0.3) is 0 Å². The number of aromatic nitrogens is 2. The summed E-state index contributed by atoms with van der Waals surface area (Å²) in [5, 5.41) is 14.7. The number of ether oxygens (including phenoxy) is 2. The van der Waals surface area contributed by atoms with Gasteiger partial charge in [0.1, 0.15) is 11.0 Å². The Morgan fingerprint density at radius 1 is 1.52 bits per heavy atom. The van der Waals surface area contributed by atoms with E-state index in [1.165, 1.54) is 18.4 Å². The molecule has 0 aliphatic carbocycles. The number of nitrogens with one attached hydrogen (secondary N) is 2. The molecule has 2 heterocycles. The normalized spacial score (nSPS) is 21.8. The summed E-state index contributed by atoms with van der Waals surface area (Å²) in [7, 11) is 1.34. The van der Waals surface area contributed by atoms with Crippen LogP contribution in [0, 0.1) is 0 Å². The second-order valence-electron chi connectivity index (χ2n) is 4.57. The number of methoxy groups -OCH3 is 1. The summed E-state index contributed by atoms with van der Waals surface area (Å²) in [4.78, 5) is 23.2. The van der Waals surface area contributed by atoms with Crippen LogP contribution in [-0.4, -0.2) is 54.5 Å². The van der Waals surface area contributed by atoms with Gasteiger partial charge >= 0.3 is 5.97 Å². The first-order valence-corrected chi connectivity index (χ1v) is 7.47. The quantitative estimate of drug-likeness (QED) is 0.735. The lowest BCUT2D eigenvalue weighted by Gasteiger charge is -2.28. The molecular formula is C12H18N4O4S. The van der Waals surface area contributed by atoms with Crippen LogP contribution in [0.3, 0.4) is 0 Å². The highest BCUT2D eigenvalue weighted by Gasteiger charge is 2.28. The molecule has 1 aromatic heterocycles. The van der Waals surface area contributed by atoms with Crippen molar-refractivity contribution in [2.24, 2.45) is 0 Å². The fraction of sp³-hybridized carbons (Fsp3) is 0.667. The van der Waals surface area contributed by atoms with E-state index >= 15 is 0 Å². The van der Waals surface area contributed by atoms with E-state index < -0.39 is 6.04 Å². The zero-order valence-electron chi connectivity index (χ0n) is 11.9. The van der Waals surface area contributed by atoms with Crippen LogP contribution in [-0.2, 0) is 25.5 Å². The van der Waals surface area contributed by atoms with E-state index in [9.17, 15) is 9.59 Å². The number of aryl methyl sites for hydroxylation is 1. The zero-order chi connectivity index (χ0) is 15.2. The molecule has 1 amide bonds. The van der Waals surface area contributed by atoms with Gasteiger partial charge in [-0.25, -0.2) is 0 Å². The molecule has 2 atom stereocenters. The Hall–Kier alpha value is -1.58. The van der Waals surface area contributed by atoms with Gasteiger partial charge in [0.25, 0.3) is 0 Å². The molecule has 0 unspecified atom stereocenters. The van der Waals surface area contributed by atoms with E-state index in [0.717, 1.165) is 0 Å². The topological polar surface area (TPSA) is 102 Å². The summed E-state index contributed by atoms with van der Waals surface area (Å²) >= 11 is 1.25. The number of amides is 1. The standard InChI is InChI=1S/C12H18N4O4S/c1-7-10(13-5-6-20-7)11(18)14-12-16-15-8(21-12)3-4-9(17)19-2/h7,10,13H,3-6H2,1-2H3,(H,14,16,18)/t7-,10+/m1/s1. The molecule has 21 heavy (non-hydrogen) atoms. The van der Waals surface area contributed by atoms with Crippen LogP contribution < -0.4 is 10.6 Å². The highest BCUT2D eigenvalue weighted by molar-refractivity contribution is 7.15. The third-order valence-corrected chi connectivity index (χ3v) is 3.97. The summed E-state index contributed by atoms with van der Waals surface area (Å²) in [5.74, 6) is -0.494. The van der Waals surface area contributed by atoms with Crippen molar-refractivity contribution >= 4 is 28.3 Å². The summed E-state index contributed by atoms with van der Waals surface area (Å²) < 4.78 is 9.98. The third-order valence-electron chi connectivity index (χ3n) is 3.07. The number of carbonyl (C=O) groups is 2. The van der Waals surface area contributed by atoms with Crippen molar-refractivity contribution in [2.45, 2.75) is 31.9 Å². The first kappa shape index (κ1) is 15.8. The van der Waals surface area contributed by atoms with Gasteiger partial charge in [0.2, 0.25) is 11.0 Å². The molecule has 1 fully saturated rings. The van der Waals surface area contributed by atoms with Crippen molar-refractivity contribution < 1.29 is 19.1 Å². The van der Waals surface area contributed by atoms with Gasteiger partial charge in [0.05, 0.1) is 26.2 Å². The van der Waals surface area contributed by atoms with E-state index in [-0.39, 0.29) is 24.4 Å². The Morgan fingerprint density at radius 2 is 2.33 bits per heavy atom. The summed E-state index contributed by atoms with van der Waals surface area (Å²) in [6.07, 6.45) is 0.501. The van der Waals surface area contributed by atoms with Crippen LogP contribution in [0.4, 0.5) is 5.13 Å². The molecule has 9 heteroatoms. The molecule has 2 N–H and O–H groups in total. The minimum absolute atomic E-state index is 0.189. The number of morpholine rings is 1. The fourth-order valence-corrected chi connectivity index (χ4v) is 2.67. The van der Waals surface area contributed by atoms with Gasteiger partial charge in [0, 0.05) is 13.0 Å². The monoisotopic (exact) mass is 314 g/mol. The minimum atomic E-state index is -0.402. The van der Waals surface area contributed by atoms with Crippen LogP contribution in [0.2, 0.25) is 0 Å². The van der Waals surface area contributed by atoms with Crippen LogP contribution >= 0.6 is 11.3 Å². The molecule has 1 aliphatic rings. The largest absolute Gasteiger partial charge is 0.469 e. The number of esters is 1. The lowest BCUT2D eigenvalue weighted by molar-refractivity contribution is -0.140. The molecular weight excluding hydrogens is 296 g/mol. The van der Waals surface area contributed by atoms with Crippen molar-refractivity contribution in [1.29, 1.82) is 0 Å². The van der Waals surface area contributed by atoms with E-state index in [0.29, 0.717) is 29.7 Å². The first-order valence-electron chi connectivity index (χ1n) is 6.65. The predicted molar refractivity (Wildman–Crippen MR) is 76.1 cm³/mol. The Balaban J connectivity index is 1.86. The highest BCUT2D eigenvalue weighted by Crippen LogP contribution is 2.17. The molecule has 8 nitrogen and oxygen atoms in total. The SMILES string of the molecule is COC(=O)CCc1nnc(NC(=O)[C@H]2NCCO[C@@H]2C)s1. The van der Waals surface area contributed by atoms with Crippen LogP contribution in [0.15, 0.2) is 0 Å². The van der Waals surface area contributed by atoms with E-state index in [4.69, 9.17) is 4.74 Å². The van der Waals surface area contributed by atoms with Crippen LogP contribution in [0.5, 0.6) is 0 Å². The number of nitrogens with zero attached hydrogens (tertiary/aromatic N) is 2. The van der Waals surface area contributed by atoms with Gasteiger partial charge in [-0.05, 0) is 6.92 Å². The lowest BCUT2D eigenvalue weighted by Crippen LogP contribution is -2.53. The summed E-state index contributed by atoms with van der Waals surface area (Å²) in [6.45, 7) is 3.09. The molecule has 0 radical (unpaired) electrons. The molecule has 2 rings (SSSR count). The van der Waals surface area contributed by atoms with Gasteiger partial charge in [-0.3, -0.25) is 14.9 Å². The first-order chi connectivity index (χ1) is 10.1.